The lowest BCUT2D eigenvalue weighted by Crippen LogP contribution is -2.42. The number of hydrogen-bond acceptors (Lipinski definition) is 5. The molecular formula is C13H19N3O5. The Kier molecular flexibility index (Phi) is 5.89. The van der Waals surface area contributed by atoms with Crippen molar-refractivity contribution >= 4 is 17.8 Å². The number of esters is 1. The molecule has 8 heteroatoms. The molecule has 8 nitrogen and oxygen atoms in total. The molecule has 1 heterocycles. The van der Waals surface area contributed by atoms with Gasteiger partial charge in [-0.1, -0.05) is 0 Å². The number of hydrogen-bond donors (Lipinski definition) is 2. The molecule has 21 heavy (non-hydrogen) atoms. The topological polar surface area (TPSA) is 111 Å². The van der Waals surface area contributed by atoms with E-state index in [4.69, 9.17) is 5.11 Å². The highest BCUT2D eigenvalue weighted by Gasteiger charge is 2.21. The van der Waals surface area contributed by atoms with Crippen molar-refractivity contribution in [3.63, 3.8) is 0 Å². The highest BCUT2D eigenvalue weighted by molar-refractivity contribution is 5.83. The quantitative estimate of drug-likeness (QED) is 0.687. The van der Waals surface area contributed by atoms with Crippen LogP contribution in [-0.4, -0.2) is 45.9 Å². The minimum Gasteiger partial charge on any atom is -0.480 e. The van der Waals surface area contributed by atoms with Crippen LogP contribution < -0.4 is 5.32 Å². The third-order valence-electron chi connectivity index (χ3n) is 2.89. The second kappa shape index (κ2) is 7.41. The summed E-state index contributed by atoms with van der Waals surface area (Å²) in [6.07, 6.45) is -0.0987. The number of nitrogens with zero attached hydrogens (tertiary/aromatic N) is 2. The Hall–Kier alpha value is -2.38. The van der Waals surface area contributed by atoms with Crippen molar-refractivity contribution in [1.82, 2.24) is 15.1 Å². The summed E-state index contributed by atoms with van der Waals surface area (Å²) >= 11 is 0. The second-order valence-corrected chi connectivity index (χ2v) is 4.66. The van der Waals surface area contributed by atoms with Crippen LogP contribution in [0.1, 0.15) is 24.2 Å². The summed E-state index contributed by atoms with van der Waals surface area (Å²) in [7, 11) is 1.22. The Morgan fingerprint density at radius 3 is 2.57 bits per heavy atom. The summed E-state index contributed by atoms with van der Waals surface area (Å²) in [6, 6.07) is 0.688. The molecule has 1 aromatic rings. The van der Waals surface area contributed by atoms with Crippen LogP contribution in [0.15, 0.2) is 6.07 Å². The van der Waals surface area contributed by atoms with Gasteiger partial charge in [-0.2, -0.15) is 5.10 Å². The molecule has 1 atom stereocenters. The van der Waals surface area contributed by atoms with Gasteiger partial charge in [0.25, 0.3) is 0 Å². The monoisotopic (exact) mass is 297 g/mol. The van der Waals surface area contributed by atoms with Crippen LogP contribution in [-0.2, 0) is 25.7 Å². The van der Waals surface area contributed by atoms with Gasteiger partial charge < -0.3 is 15.2 Å². The summed E-state index contributed by atoms with van der Waals surface area (Å²) in [5.41, 5.74) is 1.59. The predicted molar refractivity (Wildman–Crippen MR) is 72.5 cm³/mol. The molecule has 0 saturated carbocycles. The first-order valence-electron chi connectivity index (χ1n) is 6.43. The van der Waals surface area contributed by atoms with E-state index in [1.165, 1.54) is 11.8 Å². The fourth-order valence-corrected chi connectivity index (χ4v) is 1.83. The van der Waals surface area contributed by atoms with Crippen molar-refractivity contribution < 1.29 is 24.2 Å². The predicted octanol–water partition coefficient (Wildman–Crippen LogP) is 0.0225. The normalized spacial score (nSPS) is 11.8. The number of amides is 1. The van der Waals surface area contributed by atoms with Crippen LogP contribution in [0.25, 0.3) is 0 Å². The highest BCUT2D eigenvalue weighted by Crippen LogP contribution is 2.03. The van der Waals surface area contributed by atoms with Gasteiger partial charge in [-0.25, -0.2) is 4.79 Å². The smallest absolute Gasteiger partial charge is 0.326 e. The van der Waals surface area contributed by atoms with Crippen LogP contribution >= 0.6 is 0 Å². The lowest BCUT2D eigenvalue weighted by atomic mass is 10.1. The van der Waals surface area contributed by atoms with Gasteiger partial charge in [0.2, 0.25) is 5.91 Å². The molecule has 0 aromatic carbocycles. The lowest BCUT2D eigenvalue weighted by molar-refractivity contribution is -0.144. The fraction of sp³-hybridized carbons (Fsp3) is 0.538. The van der Waals surface area contributed by atoms with Gasteiger partial charge in [-0.3, -0.25) is 14.3 Å². The van der Waals surface area contributed by atoms with E-state index < -0.39 is 23.9 Å². The van der Waals surface area contributed by atoms with Gasteiger partial charge in [0, 0.05) is 12.1 Å². The molecule has 0 aliphatic rings. The standard InChI is InChI=1S/C13H19N3O5/c1-8-6-9(2)16(15-8)7-11(17)14-10(13(19)20)4-5-12(18)21-3/h6,10H,4-5,7H2,1-3H3,(H,14,17)(H,19,20). The maximum absolute atomic E-state index is 11.9. The molecular weight excluding hydrogens is 278 g/mol. The maximum atomic E-state index is 11.9. The molecule has 0 radical (unpaired) electrons. The molecule has 0 spiro atoms. The molecule has 1 unspecified atom stereocenters. The van der Waals surface area contributed by atoms with Crippen LogP contribution in [0.2, 0.25) is 0 Å². The molecule has 0 fully saturated rings. The van der Waals surface area contributed by atoms with E-state index in [2.05, 4.69) is 15.2 Å². The van der Waals surface area contributed by atoms with Crippen molar-refractivity contribution in [2.75, 3.05) is 7.11 Å². The van der Waals surface area contributed by atoms with Crippen LogP contribution in [0.5, 0.6) is 0 Å². The molecule has 1 amide bonds. The number of methoxy groups -OCH3 is 1. The molecule has 1 rings (SSSR count). The zero-order valence-corrected chi connectivity index (χ0v) is 12.3. The molecule has 0 aliphatic carbocycles. The Labute approximate surface area is 122 Å². The van der Waals surface area contributed by atoms with E-state index in [1.54, 1.807) is 13.8 Å². The van der Waals surface area contributed by atoms with E-state index in [-0.39, 0.29) is 19.4 Å². The number of carboxylic acids is 1. The molecule has 116 valence electrons. The van der Waals surface area contributed by atoms with Gasteiger partial charge >= 0.3 is 11.9 Å². The average Bonchev–Trinajstić information content (AvgIpc) is 2.71. The van der Waals surface area contributed by atoms with E-state index >= 15 is 0 Å². The summed E-state index contributed by atoms with van der Waals surface area (Å²) < 4.78 is 5.93. The number of carbonyl (C=O) groups excluding carboxylic acids is 2. The Balaban J connectivity index is 2.58. The van der Waals surface area contributed by atoms with E-state index in [9.17, 15) is 14.4 Å². The Bertz CT molecular complexity index is 538. The van der Waals surface area contributed by atoms with E-state index in [1.807, 2.05) is 6.07 Å². The average molecular weight is 297 g/mol. The van der Waals surface area contributed by atoms with Crippen molar-refractivity contribution in [3.05, 3.63) is 17.5 Å². The maximum Gasteiger partial charge on any atom is 0.326 e. The molecule has 0 aliphatic heterocycles. The first-order valence-corrected chi connectivity index (χ1v) is 6.43. The summed E-state index contributed by atoms with van der Waals surface area (Å²) in [5.74, 6) is -2.19. The van der Waals surface area contributed by atoms with Crippen molar-refractivity contribution in [2.24, 2.45) is 0 Å². The number of nitrogens with one attached hydrogen (secondary N) is 1. The van der Waals surface area contributed by atoms with Crippen LogP contribution in [0.4, 0.5) is 0 Å². The van der Waals surface area contributed by atoms with Gasteiger partial charge in [0.15, 0.2) is 0 Å². The van der Waals surface area contributed by atoms with Gasteiger partial charge in [0.1, 0.15) is 12.6 Å². The van der Waals surface area contributed by atoms with Crippen LogP contribution in [0, 0.1) is 13.8 Å². The highest BCUT2D eigenvalue weighted by atomic mass is 16.5. The summed E-state index contributed by atoms with van der Waals surface area (Å²) in [6.45, 7) is 3.54. The SMILES string of the molecule is COC(=O)CCC(NC(=O)Cn1nc(C)cc1C)C(=O)O. The molecule has 0 bridgehead atoms. The number of aromatic nitrogens is 2. The minimum atomic E-state index is -1.19. The van der Waals surface area contributed by atoms with Crippen molar-refractivity contribution in [2.45, 2.75) is 39.3 Å². The minimum absolute atomic E-state index is 0.0230. The van der Waals surface area contributed by atoms with Gasteiger partial charge in [-0.05, 0) is 26.3 Å². The van der Waals surface area contributed by atoms with Crippen LogP contribution in [0.3, 0.4) is 0 Å². The number of aryl methyl sites for hydroxylation is 2. The molecule has 2 N–H and O–H groups in total. The van der Waals surface area contributed by atoms with E-state index in [0.717, 1.165) is 11.4 Å². The largest absolute Gasteiger partial charge is 0.480 e. The van der Waals surface area contributed by atoms with Gasteiger partial charge in [0.05, 0.1) is 12.8 Å². The fourth-order valence-electron chi connectivity index (χ4n) is 1.83. The number of rotatable bonds is 7. The zero-order chi connectivity index (χ0) is 16.0. The van der Waals surface area contributed by atoms with E-state index in [0.29, 0.717) is 0 Å². The first kappa shape index (κ1) is 16.7. The zero-order valence-electron chi connectivity index (χ0n) is 12.3. The number of ether oxygens (including phenoxy) is 1. The molecule has 1 aromatic heterocycles. The Morgan fingerprint density at radius 2 is 2.10 bits per heavy atom. The van der Waals surface area contributed by atoms with Gasteiger partial charge in [-0.15, -0.1) is 0 Å². The summed E-state index contributed by atoms with van der Waals surface area (Å²) in [4.78, 5) is 33.9. The van der Waals surface area contributed by atoms with Crippen molar-refractivity contribution in [1.29, 1.82) is 0 Å². The first-order chi connectivity index (χ1) is 9.83. The lowest BCUT2D eigenvalue weighted by Gasteiger charge is -2.14. The third-order valence-corrected chi connectivity index (χ3v) is 2.89. The number of aliphatic carboxylic acids is 1. The van der Waals surface area contributed by atoms with Crippen molar-refractivity contribution in [3.8, 4) is 0 Å². The number of carbonyl (C=O) groups is 3. The number of carboxylic acid groups (broad SMARTS) is 1. The third kappa shape index (κ3) is 5.25. The summed E-state index contributed by atoms with van der Waals surface area (Å²) in [5, 5.41) is 15.5. The Morgan fingerprint density at radius 1 is 1.43 bits per heavy atom. The molecule has 0 saturated heterocycles. The second-order valence-electron chi connectivity index (χ2n) is 4.66.